The number of rotatable bonds is 3. The Morgan fingerprint density at radius 2 is 1.80 bits per heavy atom. The van der Waals surface area contributed by atoms with Crippen molar-refractivity contribution in [1.29, 1.82) is 0 Å². The van der Waals surface area contributed by atoms with Crippen molar-refractivity contribution in [1.82, 2.24) is 0 Å². The fourth-order valence-corrected chi connectivity index (χ4v) is 2.73. The van der Waals surface area contributed by atoms with Gasteiger partial charge in [-0.1, -0.05) is 12.1 Å². The molecule has 0 saturated heterocycles. The van der Waals surface area contributed by atoms with Crippen LogP contribution >= 0.6 is 0 Å². The first-order chi connectivity index (χ1) is 6.87. The molecule has 0 aliphatic rings. The Morgan fingerprint density at radius 1 is 1.27 bits per heavy atom. The minimum absolute atomic E-state index is 0.283. The van der Waals surface area contributed by atoms with Crippen molar-refractivity contribution in [2.75, 3.05) is 0 Å². The lowest BCUT2D eigenvalue weighted by molar-refractivity contribution is 0.548. The van der Waals surface area contributed by atoms with E-state index in [1.807, 2.05) is 0 Å². The number of sulfone groups is 1. The summed E-state index contributed by atoms with van der Waals surface area (Å²) in [5, 5.41) is -0.797. The molecule has 0 amide bonds. The molecule has 1 rings (SSSR count). The largest absolute Gasteiger partial charge is 0.327 e. The Hall–Kier alpha value is -0.940. The molecule has 1 aromatic carbocycles. The zero-order chi connectivity index (χ0) is 11.6. The highest BCUT2D eigenvalue weighted by Gasteiger charge is 2.28. The summed E-state index contributed by atoms with van der Waals surface area (Å²) in [6, 6.07) is 4.79. The molecule has 0 spiro atoms. The molecule has 0 fully saturated rings. The molecule has 1 aromatic rings. The van der Waals surface area contributed by atoms with Gasteiger partial charge in [0.25, 0.3) is 0 Å². The number of halogens is 1. The maximum Gasteiger partial charge on any atom is 0.185 e. The average Bonchev–Trinajstić information content (AvgIpc) is 2.16. The minimum Gasteiger partial charge on any atom is -0.327 e. The topological polar surface area (TPSA) is 60.2 Å². The van der Waals surface area contributed by atoms with Crippen LogP contribution in [-0.2, 0) is 9.84 Å². The highest BCUT2D eigenvalue weighted by atomic mass is 32.2. The van der Waals surface area contributed by atoms with E-state index in [0.717, 1.165) is 6.07 Å². The van der Waals surface area contributed by atoms with E-state index in [1.54, 1.807) is 6.92 Å². The summed E-state index contributed by atoms with van der Waals surface area (Å²) in [6.07, 6.45) is 0. The summed E-state index contributed by atoms with van der Waals surface area (Å²) in [5.41, 5.74) is 5.51. The summed E-state index contributed by atoms with van der Waals surface area (Å²) in [6.45, 7) is 3.06. The Kier molecular flexibility index (Phi) is 3.46. The number of benzene rings is 1. The van der Waals surface area contributed by atoms with E-state index in [2.05, 4.69) is 0 Å². The van der Waals surface area contributed by atoms with Crippen LogP contribution in [0.2, 0.25) is 0 Å². The van der Waals surface area contributed by atoms with Crippen LogP contribution in [0.4, 0.5) is 4.39 Å². The summed E-state index contributed by atoms with van der Waals surface area (Å²) in [5.74, 6) is -0.731. The molecule has 2 atom stereocenters. The fraction of sp³-hybridized carbons (Fsp3) is 0.400. The molecule has 15 heavy (non-hydrogen) atoms. The smallest absolute Gasteiger partial charge is 0.185 e. The number of hydrogen-bond donors (Lipinski definition) is 1. The van der Waals surface area contributed by atoms with Crippen LogP contribution in [0.25, 0.3) is 0 Å². The van der Waals surface area contributed by atoms with Crippen LogP contribution in [0.1, 0.15) is 13.8 Å². The monoisotopic (exact) mass is 231 g/mol. The van der Waals surface area contributed by atoms with E-state index in [-0.39, 0.29) is 4.90 Å². The molecule has 0 aliphatic carbocycles. The maximum atomic E-state index is 13.3. The van der Waals surface area contributed by atoms with Crippen molar-refractivity contribution in [3.63, 3.8) is 0 Å². The third kappa shape index (κ3) is 2.35. The second-order valence-electron chi connectivity index (χ2n) is 3.54. The molecule has 0 heterocycles. The van der Waals surface area contributed by atoms with Crippen LogP contribution < -0.4 is 5.73 Å². The van der Waals surface area contributed by atoms with Gasteiger partial charge in [-0.2, -0.15) is 0 Å². The Labute approximate surface area is 89.0 Å². The first-order valence-electron chi connectivity index (χ1n) is 4.61. The number of nitrogens with two attached hydrogens (primary N) is 1. The van der Waals surface area contributed by atoms with Gasteiger partial charge in [0.15, 0.2) is 9.84 Å². The lowest BCUT2D eigenvalue weighted by Crippen LogP contribution is -2.36. The summed E-state index contributed by atoms with van der Waals surface area (Å²) < 4.78 is 37.0. The van der Waals surface area contributed by atoms with Gasteiger partial charge in [-0.15, -0.1) is 0 Å². The lowest BCUT2D eigenvalue weighted by Gasteiger charge is -2.16. The zero-order valence-corrected chi connectivity index (χ0v) is 9.46. The van der Waals surface area contributed by atoms with Gasteiger partial charge in [0.2, 0.25) is 0 Å². The average molecular weight is 231 g/mol. The number of hydrogen-bond acceptors (Lipinski definition) is 3. The Balaban J connectivity index is 3.24. The zero-order valence-electron chi connectivity index (χ0n) is 8.64. The normalized spacial score (nSPS) is 16.0. The van der Waals surface area contributed by atoms with Gasteiger partial charge in [-0.05, 0) is 26.0 Å². The lowest BCUT2D eigenvalue weighted by atomic mass is 10.3. The first kappa shape index (κ1) is 12.1. The molecule has 3 nitrogen and oxygen atoms in total. The molecule has 5 heteroatoms. The predicted octanol–water partition coefficient (Wildman–Crippen LogP) is 1.34. The summed E-state index contributed by atoms with van der Waals surface area (Å²) in [7, 11) is -3.67. The third-order valence-corrected chi connectivity index (χ3v) is 4.73. The fourth-order valence-electron chi connectivity index (χ4n) is 1.16. The maximum absolute atomic E-state index is 13.3. The minimum atomic E-state index is -3.67. The highest BCUT2D eigenvalue weighted by molar-refractivity contribution is 7.92. The van der Waals surface area contributed by atoms with Crippen LogP contribution in [0, 0.1) is 5.82 Å². The molecule has 0 bridgehead atoms. The van der Waals surface area contributed by atoms with Gasteiger partial charge in [0, 0.05) is 6.04 Å². The van der Waals surface area contributed by atoms with Crippen molar-refractivity contribution in [2.24, 2.45) is 5.73 Å². The molecular weight excluding hydrogens is 217 g/mol. The van der Waals surface area contributed by atoms with Gasteiger partial charge in [0.05, 0.1) is 5.25 Å². The Morgan fingerprint density at radius 3 is 2.27 bits per heavy atom. The van der Waals surface area contributed by atoms with E-state index in [4.69, 9.17) is 5.73 Å². The van der Waals surface area contributed by atoms with Crippen LogP contribution in [0.3, 0.4) is 0 Å². The van der Waals surface area contributed by atoms with Crippen molar-refractivity contribution < 1.29 is 12.8 Å². The predicted molar refractivity (Wildman–Crippen MR) is 56.7 cm³/mol. The first-order valence-corrected chi connectivity index (χ1v) is 6.16. The second-order valence-corrected chi connectivity index (χ2v) is 5.81. The standard InChI is InChI=1S/C10H14FNO2S/c1-7(12)8(2)15(13,14)10-6-4-3-5-9(10)11/h3-8H,12H2,1-2H3. The van der Waals surface area contributed by atoms with Gasteiger partial charge < -0.3 is 5.73 Å². The molecule has 2 unspecified atom stereocenters. The molecule has 0 radical (unpaired) electrons. The van der Waals surface area contributed by atoms with Crippen molar-refractivity contribution in [3.05, 3.63) is 30.1 Å². The summed E-state index contributed by atoms with van der Waals surface area (Å²) >= 11 is 0. The van der Waals surface area contributed by atoms with E-state index in [9.17, 15) is 12.8 Å². The van der Waals surface area contributed by atoms with E-state index < -0.39 is 26.9 Å². The Bertz CT molecular complexity index is 442. The van der Waals surface area contributed by atoms with Crippen molar-refractivity contribution >= 4 is 9.84 Å². The van der Waals surface area contributed by atoms with Crippen molar-refractivity contribution in [3.8, 4) is 0 Å². The third-order valence-electron chi connectivity index (χ3n) is 2.37. The quantitative estimate of drug-likeness (QED) is 0.853. The van der Waals surface area contributed by atoms with Crippen LogP contribution in [0.5, 0.6) is 0 Å². The molecule has 0 aromatic heterocycles. The molecule has 2 N–H and O–H groups in total. The van der Waals surface area contributed by atoms with E-state index >= 15 is 0 Å². The van der Waals surface area contributed by atoms with Gasteiger partial charge in [-0.3, -0.25) is 0 Å². The van der Waals surface area contributed by atoms with E-state index in [1.165, 1.54) is 25.1 Å². The summed E-state index contributed by atoms with van der Waals surface area (Å²) in [4.78, 5) is -0.283. The molecule has 0 saturated carbocycles. The van der Waals surface area contributed by atoms with Gasteiger partial charge in [-0.25, -0.2) is 12.8 Å². The van der Waals surface area contributed by atoms with Gasteiger partial charge in [0.1, 0.15) is 10.7 Å². The molecule has 84 valence electrons. The highest BCUT2D eigenvalue weighted by Crippen LogP contribution is 2.20. The van der Waals surface area contributed by atoms with Crippen molar-refractivity contribution in [2.45, 2.75) is 30.0 Å². The molecular formula is C10H14FNO2S. The van der Waals surface area contributed by atoms with Crippen LogP contribution in [-0.4, -0.2) is 19.7 Å². The van der Waals surface area contributed by atoms with E-state index in [0.29, 0.717) is 0 Å². The molecule has 0 aliphatic heterocycles. The van der Waals surface area contributed by atoms with Crippen LogP contribution in [0.15, 0.2) is 29.2 Å². The van der Waals surface area contributed by atoms with Gasteiger partial charge >= 0.3 is 0 Å². The second kappa shape index (κ2) is 4.28. The SMILES string of the molecule is CC(N)C(C)S(=O)(=O)c1ccccc1F.